The van der Waals surface area contributed by atoms with E-state index in [9.17, 15) is 9.59 Å². The molecular weight excluding hydrogens is 244 g/mol. The van der Waals surface area contributed by atoms with Gasteiger partial charge >= 0.3 is 0 Å². The fraction of sp³-hybridized carbons (Fsp3) is 0.143. The van der Waals surface area contributed by atoms with Crippen molar-refractivity contribution in [3.8, 4) is 5.75 Å². The minimum atomic E-state index is -0.284. The Kier molecular flexibility index (Phi) is 3.97. The number of hydrogen-bond donors (Lipinski definition) is 2. The van der Waals surface area contributed by atoms with E-state index in [0.29, 0.717) is 11.4 Å². The van der Waals surface area contributed by atoms with Crippen molar-refractivity contribution in [3.63, 3.8) is 0 Å². The van der Waals surface area contributed by atoms with E-state index in [2.05, 4.69) is 10.3 Å². The molecule has 2 N–H and O–H groups in total. The number of rotatable bonds is 4. The van der Waals surface area contributed by atoms with Gasteiger partial charge in [0.15, 0.2) is 6.61 Å². The van der Waals surface area contributed by atoms with E-state index >= 15 is 0 Å². The molecule has 0 radical (unpaired) electrons. The summed E-state index contributed by atoms with van der Waals surface area (Å²) in [5.41, 5.74) is 1.38. The molecule has 0 bridgehead atoms. The average molecular weight is 258 g/mol. The maximum atomic E-state index is 11.6. The van der Waals surface area contributed by atoms with E-state index < -0.39 is 0 Å². The third-order valence-corrected chi connectivity index (χ3v) is 2.43. The zero-order chi connectivity index (χ0) is 13.7. The fourth-order valence-electron chi connectivity index (χ4n) is 1.54. The number of pyridine rings is 1. The van der Waals surface area contributed by atoms with Crippen molar-refractivity contribution >= 4 is 11.6 Å². The number of benzene rings is 1. The number of H-pyrrole nitrogens is 1. The van der Waals surface area contributed by atoms with Gasteiger partial charge in [-0.25, -0.2) is 0 Å². The molecule has 0 spiro atoms. The van der Waals surface area contributed by atoms with Gasteiger partial charge in [0.1, 0.15) is 5.75 Å². The molecule has 2 rings (SSSR count). The van der Waals surface area contributed by atoms with Crippen LogP contribution in [0.1, 0.15) is 5.56 Å². The summed E-state index contributed by atoms with van der Waals surface area (Å²) >= 11 is 0. The summed E-state index contributed by atoms with van der Waals surface area (Å²) < 4.78 is 5.36. The van der Waals surface area contributed by atoms with Gasteiger partial charge in [-0.1, -0.05) is 12.1 Å². The number of aryl methyl sites for hydroxylation is 1. The highest BCUT2D eigenvalue weighted by molar-refractivity contribution is 5.91. The van der Waals surface area contributed by atoms with Crippen LogP contribution in [-0.4, -0.2) is 17.5 Å². The van der Waals surface area contributed by atoms with Gasteiger partial charge < -0.3 is 15.0 Å². The van der Waals surface area contributed by atoms with Crippen LogP contribution in [0.5, 0.6) is 5.75 Å². The second kappa shape index (κ2) is 5.86. The molecule has 0 fully saturated rings. The van der Waals surface area contributed by atoms with Crippen LogP contribution < -0.4 is 15.6 Å². The highest BCUT2D eigenvalue weighted by Crippen LogP contribution is 2.12. The Balaban J connectivity index is 1.88. The fourth-order valence-corrected chi connectivity index (χ4v) is 1.54. The molecule has 0 atom stereocenters. The molecule has 2 aromatic rings. The Morgan fingerprint density at radius 3 is 2.84 bits per heavy atom. The van der Waals surface area contributed by atoms with Crippen molar-refractivity contribution < 1.29 is 9.53 Å². The number of aromatic amines is 1. The molecule has 98 valence electrons. The normalized spacial score (nSPS) is 9.95. The maximum Gasteiger partial charge on any atom is 0.262 e. The Hall–Kier alpha value is -2.56. The largest absolute Gasteiger partial charge is 0.484 e. The van der Waals surface area contributed by atoms with E-state index in [1.807, 2.05) is 25.1 Å². The maximum absolute atomic E-state index is 11.6. The van der Waals surface area contributed by atoms with E-state index in [1.54, 1.807) is 6.07 Å². The number of nitrogens with one attached hydrogen (secondary N) is 2. The van der Waals surface area contributed by atoms with E-state index in [0.717, 1.165) is 5.56 Å². The molecule has 5 nitrogen and oxygen atoms in total. The lowest BCUT2D eigenvalue weighted by Crippen LogP contribution is -2.20. The van der Waals surface area contributed by atoms with Crippen molar-refractivity contribution in [1.29, 1.82) is 0 Å². The second-order valence-corrected chi connectivity index (χ2v) is 4.09. The van der Waals surface area contributed by atoms with Gasteiger partial charge in [0.2, 0.25) is 5.56 Å². The summed E-state index contributed by atoms with van der Waals surface area (Å²) in [6.45, 7) is 1.87. The second-order valence-electron chi connectivity index (χ2n) is 4.09. The van der Waals surface area contributed by atoms with Gasteiger partial charge in [-0.05, 0) is 30.7 Å². The lowest BCUT2D eigenvalue weighted by atomic mass is 10.2. The van der Waals surface area contributed by atoms with Crippen molar-refractivity contribution in [2.45, 2.75) is 6.92 Å². The Morgan fingerprint density at radius 2 is 2.16 bits per heavy atom. The standard InChI is InChI=1S/C14H14N2O3/c1-10-3-2-4-12(7-10)19-9-14(18)16-11-5-6-13(17)15-8-11/h2-8H,9H2,1H3,(H,15,17)(H,16,18). The van der Waals surface area contributed by atoms with Crippen LogP contribution in [0.3, 0.4) is 0 Å². The third-order valence-electron chi connectivity index (χ3n) is 2.43. The summed E-state index contributed by atoms with van der Waals surface area (Å²) in [5, 5.41) is 2.62. The minimum absolute atomic E-state index is 0.0808. The first-order valence-electron chi connectivity index (χ1n) is 5.81. The molecule has 0 saturated heterocycles. The van der Waals surface area contributed by atoms with Crippen molar-refractivity contribution in [3.05, 3.63) is 58.5 Å². The van der Waals surface area contributed by atoms with E-state index in [4.69, 9.17) is 4.74 Å². The molecular formula is C14H14N2O3. The van der Waals surface area contributed by atoms with Gasteiger partial charge in [0.25, 0.3) is 5.91 Å². The minimum Gasteiger partial charge on any atom is -0.484 e. The number of aromatic nitrogens is 1. The van der Waals surface area contributed by atoms with Crippen LogP contribution in [-0.2, 0) is 4.79 Å². The Morgan fingerprint density at radius 1 is 1.32 bits per heavy atom. The van der Waals surface area contributed by atoms with Gasteiger partial charge in [0, 0.05) is 12.3 Å². The molecule has 1 heterocycles. The summed E-state index contributed by atoms with van der Waals surface area (Å²) in [5.74, 6) is 0.366. The van der Waals surface area contributed by atoms with Gasteiger partial charge in [-0.15, -0.1) is 0 Å². The molecule has 19 heavy (non-hydrogen) atoms. The first kappa shape index (κ1) is 12.9. The van der Waals surface area contributed by atoms with Gasteiger partial charge in [-0.2, -0.15) is 0 Å². The molecule has 0 aliphatic rings. The summed E-state index contributed by atoms with van der Waals surface area (Å²) in [6.07, 6.45) is 1.44. The number of carbonyl (C=O) groups is 1. The smallest absolute Gasteiger partial charge is 0.262 e. The Labute approximate surface area is 110 Å². The van der Waals surface area contributed by atoms with Gasteiger partial charge in [0.05, 0.1) is 5.69 Å². The zero-order valence-electron chi connectivity index (χ0n) is 10.5. The summed E-state index contributed by atoms with van der Waals surface area (Å²) in [6, 6.07) is 10.3. The SMILES string of the molecule is Cc1cccc(OCC(=O)Nc2ccc(=O)[nH]c2)c1. The topological polar surface area (TPSA) is 71.2 Å². The van der Waals surface area contributed by atoms with E-state index in [1.165, 1.54) is 18.3 Å². The third kappa shape index (κ3) is 3.99. The molecule has 1 aromatic carbocycles. The predicted octanol–water partition coefficient (Wildman–Crippen LogP) is 1.70. The van der Waals surface area contributed by atoms with Crippen molar-refractivity contribution in [1.82, 2.24) is 4.98 Å². The quantitative estimate of drug-likeness (QED) is 0.876. The molecule has 0 saturated carbocycles. The van der Waals surface area contributed by atoms with E-state index in [-0.39, 0.29) is 18.1 Å². The summed E-state index contributed by atoms with van der Waals surface area (Å²) in [7, 11) is 0. The average Bonchev–Trinajstić information content (AvgIpc) is 2.39. The highest BCUT2D eigenvalue weighted by atomic mass is 16.5. The molecule has 5 heteroatoms. The monoisotopic (exact) mass is 258 g/mol. The van der Waals surface area contributed by atoms with Crippen LogP contribution in [0.4, 0.5) is 5.69 Å². The predicted molar refractivity (Wildman–Crippen MR) is 72.4 cm³/mol. The van der Waals surface area contributed by atoms with Crippen LogP contribution in [0.25, 0.3) is 0 Å². The molecule has 0 aliphatic carbocycles. The van der Waals surface area contributed by atoms with Crippen LogP contribution >= 0.6 is 0 Å². The number of anilines is 1. The number of ether oxygens (including phenoxy) is 1. The summed E-state index contributed by atoms with van der Waals surface area (Å²) in [4.78, 5) is 25.0. The molecule has 1 amide bonds. The lowest BCUT2D eigenvalue weighted by molar-refractivity contribution is -0.118. The lowest BCUT2D eigenvalue weighted by Gasteiger charge is -2.07. The Bertz CT molecular complexity index is 614. The van der Waals surface area contributed by atoms with Gasteiger partial charge in [-0.3, -0.25) is 9.59 Å². The first-order chi connectivity index (χ1) is 9.13. The molecule has 0 aliphatic heterocycles. The van der Waals surface area contributed by atoms with Crippen molar-refractivity contribution in [2.24, 2.45) is 0 Å². The van der Waals surface area contributed by atoms with Crippen LogP contribution in [0, 0.1) is 6.92 Å². The molecule has 1 aromatic heterocycles. The molecule has 0 unspecified atom stereocenters. The number of amides is 1. The van der Waals surface area contributed by atoms with Crippen LogP contribution in [0.2, 0.25) is 0 Å². The zero-order valence-corrected chi connectivity index (χ0v) is 10.5. The highest BCUT2D eigenvalue weighted by Gasteiger charge is 2.03. The van der Waals surface area contributed by atoms with Crippen molar-refractivity contribution in [2.75, 3.05) is 11.9 Å². The first-order valence-corrected chi connectivity index (χ1v) is 5.81. The van der Waals surface area contributed by atoms with Crippen LogP contribution in [0.15, 0.2) is 47.4 Å². The number of hydrogen-bond acceptors (Lipinski definition) is 3. The number of carbonyl (C=O) groups excluding carboxylic acids is 1.